The molecular formula is C17H26N4O. The van der Waals surface area contributed by atoms with Crippen molar-refractivity contribution in [2.24, 2.45) is 0 Å². The van der Waals surface area contributed by atoms with E-state index in [0.717, 1.165) is 43.7 Å². The maximum Gasteiger partial charge on any atom is 0.144 e. The third-order valence-electron chi connectivity index (χ3n) is 4.46. The quantitative estimate of drug-likeness (QED) is 0.788. The Labute approximate surface area is 133 Å². The summed E-state index contributed by atoms with van der Waals surface area (Å²) in [6, 6.07) is 4.41. The Kier molecular flexibility index (Phi) is 6.17. The zero-order chi connectivity index (χ0) is 15.9. The second-order valence-corrected chi connectivity index (χ2v) is 6.05. The molecule has 2 rings (SSSR count). The predicted octanol–water partition coefficient (Wildman–Crippen LogP) is 2.22. The number of aryl methyl sites for hydroxylation is 2. The molecule has 1 aromatic rings. The van der Waals surface area contributed by atoms with Gasteiger partial charge in [0.25, 0.3) is 0 Å². The van der Waals surface area contributed by atoms with E-state index in [1.807, 2.05) is 19.9 Å². The lowest BCUT2D eigenvalue weighted by molar-refractivity contribution is 0.0901. The molecule has 2 N–H and O–H groups in total. The first-order valence-electron chi connectivity index (χ1n) is 8.13. The first kappa shape index (κ1) is 16.7. The molecule has 22 heavy (non-hydrogen) atoms. The zero-order valence-corrected chi connectivity index (χ0v) is 13.6. The summed E-state index contributed by atoms with van der Waals surface area (Å²) in [5.74, 6) is 0.683. The van der Waals surface area contributed by atoms with Crippen LogP contribution in [0, 0.1) is 25.2 Å². The van der Waals surface area contributed by atoms with Gasteiger partial charge in [0.15, 0.2) is 0 Å². The van der Waals surface area contributed by atoms with Crippen molar-refractivity contribution < 1.29 is 5.11 Å². The fourth-order valence-corrected chi connectivity index (χ4v) is 2.98. The molecule has 0 aliphatic carbocycles. The van der Waals surface area contributed by atoms with E-state index in [1.165, 1.54) is 12.8 Å². The third-order valence-corrected chi connectivity index (χ3v) is 4.46. The lowest BCUT2D eigenvalue weighted by atomic mass is 10.0. The first-order chi connectivity index (χ1) is 10.7. The van der Waals surface area contributed by atoms with Crippen LogP contribution in [0.25, 0.3) is 0 Å². The summed E-state index contributed by atoms with van der Waals surface area (Å²) in [5.41, 5.74) is 2.60. The highest BCUT2D eigenvalue weighted by Crippen LogP contribution is 2.18. The number of hydrogen-bond acceptors (Lipinski definition) is 5. The molecule has 1 fully saturated rings. The number of pyridine rings is 1. The Bertz CT molecular complexity index is 538. The number of rotatable bonds is 6. The molecule has 0 bridgehead atoms. The van der Waals surface area contributed by atoms with Crippen LogP contribution in [0.15, 0.2) is 6.07 Å². The number of anilines is 1. The van der Waals surface area contributed by atoms with Crippen molar-refractivity contribution in [3.63, 3.8) is 0 Å². The summed E-state index contributed by atoms with van der Waals surface area (Å²) in [6.45, 7) is 7.03. The Morgan fingerprint density at radius 1 is 1.45 bits per heavy atom. The predicted molar refractivity (Wildman–Crippen MR) is 87.8 cm³/mol. The summed E-state index contributed by atoms with van der Waals surface area (Å²) in [6.07, 6.45) is 4.52. The fraction of sp³-hybridized carbons (Fsp3) is 0.647. The summed E-state index contributed by atoms with van der Waals surface area (Å²) < 4.78 is 0. The smallest absolute Gasteiger partial charge is 0.144 e. The van der Waals surface area contributed by atoms with Gasteiger partial charge in [-0.3, -0.25) is 4.90 Å². The molecule has 1 saturated heterocycles. The van der Waals surface area contributed by atoms with Gasteiger partial charge in [-0.25, -0.2) is 4.98 Å². The van der Waals surface area contributed by atoms with E-state index < -0.39 is 0 Å². The van der Waals surface area contributed by atoms with Crippen molar-refractivity contribution in [2.45, 2.75) is 45.6 Å². The monoisotopic (exact) mass is 302 g/mol. The van der Waals surface area contributed by atoms with Gasteiger partial charge in [0, 0.05) is 24.8 Å². The van der Waals surface area contributed by atoms with Gasteiger partial charge in [-0.2, -0.15) is 5.26 Å². The van der Waals surface area contributed by atoms with E-state index in [2.05, 4.69) is 21.3 Å². The van der Waals surface area contributed by atoms with Gasteiger partial charge in [0.05, 0.1) is 12.2 Å². The molecule has 1 atom stereocenters. The number of nitriles is 1. The van der Waals surface area contributed by atoms with Gasteiger partial charge >= 0.3 is 0 Å². The summed E-state index contributed by atoms with van der Waals surface area (Å²) >= 11 is 0. The lowest BCUT2D eigenvalue weighted by Crippen LogP contribution is -2.42. The molecule has 5 heteroatoms. The van der Waals surface area contributed by atoms with Gasteiger partial charge in [-0.1, -0.05) is 6.42 Å². The van der Waals surface area contributed by atoms with Crippen LogP contribution in [0.3, 0.4) is 0 Å². The minimum Gasteiger partial charge on any atom is -0.395 e. The van der Waals surface area contributed by atoms with E-state index in [1.54, 1.807) is 0 Å². The Morgan fingerprint density at radius 2 is 2.27 bits per heavy atom. The number of hydrogen-bond donors (Lipinski definition) is 2. The van der Waals surface area contributed by atoms with Crippen LogP contribution in [0.4, 0.5) is 5.82 Å². The Morgan fingerprint density at radius 3 is 3.00 bits per heavy atom. The molecule has 0 saturated carbocycles. The summed E-state index contributed by atoms with van der Waals surface area (Å²) in [5, 5.41) is 21.9. The average molecular weight is 302 g/mol. The molecule has 0 aromatic carbocycles. The SMILES string of the molecule is Cc1cc(C#N)c(NCCCN2CCCCC2CO)nc1C. The number of likely N-dealkylation sites (tertiary alicyclic amines) is 1. The van der Waals surface area contributed by atoms with Crippen LogP contribution >= 0.6 is 0 Å². The van der Waals surface area contributed by atoms with E-state index >= 15 is 0 Å². The van der Waals surface area contributed by atoms with Gasteiger partial charge in [0.2, 0.25) is 0 Å². The zero-order valence-electron chi connectivity index (χ0n) is 13.6. The normalized spacial score (nSPS) is 18.9. The maximum absolute atomic E-state index is 9.42. The van der Waals surface area contributed by atoms with Gasteiger partial charge in [0.1, 0.15) is 11.9 Å². The minimum atomic E-state index is 0.255. The highest BCUT2D eigenvalue weighted by atomic mass is 16.3. The van der Waals surface area contributed by atoms with Crippen molar-refractivity contribution in [3.05, 3.63) is 22.9 Å². The van der Waals surface area contributed by atoms with Crippen LogP contribution < -0.4 is 5.32 Å². The summed E-state index contributed by atoms with van der Waals surface area (Å²) in [4.78, 5) is 6.85. The Hall–Kier alpha value is -1.64. The van der Waals surface area contributed by atoms with Gasteiger partial charge < -0.3 is 10.4 Å². The van der Waals surface area contributed by atoms with Crippen LogP contribution in [0.1, 0.15) is 42.5 Å². The molecule has 1 aliphatic heterocycles. The number of nitrogens with one attached hydrogen (secondary N) is 1. The highest BCUT2D eigenvalue weighted by molar-refractivity contribution is 5.53. The molecule has 1 unspecified atom stereocenters. The molecule has 120 valence electrons. The molecule has 1 aromatic heterocycles. The van der Waals surface area contributed by atoms with Crippen molar-refractivity contribution in [1.29, 1.82) is 5.26 Å². The second-order valence-electron chi connectivity index (χ2n) is 6.05. The van der Waals surface area contributed by atoms with Crippen molar-refractivity contribution in [2.75, 3.05) is 31.6 Å². The van der Waals surface area contributed by atoms with Crippen LogP contribution in [0.2, 0.25) is 0 Å². The van der Waals surface area contributed by atoms with Crippen LogP contribution in [0.5, 0.6) is 0 Å². The molecule has 0 radical (unpaired) electrons. The van der Waals surface area contributed by atoms with E-state index in [4.69, 9.17) is 0 Å². The lowest BCUT2D eigenvalue weighted by Gasteiger charge is -2.34. The molecule has 0 spiro atoms. The van der Waals surface area contributed by atoms with Crippen molar-refractivity contribution in [1.82, 2.24) is 9.88 Å². The van der Waals surface area contributed by atoms with E-state index in [-0.39, 0.29) is 6.61 Å². The molecule has 1 aliphatic rings. The molecule has 5 nitrogen and oxygen atoms in total. The fourth-order valence-electron chi connectivity index (χ4n) is 2.98. The standard InChI is InChI=1S/C17H26N4O/c1-13-10-15(11-18)17(20-14(13)2)19-7-5-9-21-8-4-3-6-16(21)12-22/h10,16,22H,3-9,12H2,1-2H3,(H,19,20). The van der Waals surface area contributed by atoms with Crippen LogP contribution in [-0.4, -0.2) is 47.3 Å². The topological polar surface area (TPSA) is 72.2 Å². The van der Waals surface area contributed by atoms with Gasteiger partial charge in [-0.05, 0) is 51.3 Å². The van der Waals surface area contributed by atoms with Crippen molar-refractivity contribution in [3.8, 4) is 6.07 Å². The third kappa shape index (κ3) is 4.19. The first-order valence-corrected chi connectivity index (χ1v) is 8.13. The Balaban J connectivity index is 1.84. The second kappa shape index (κ2) is 8.11. The molecule has 2 heterocycles. The number of piperidine rings is 1. The number of aliphatic hydroxyl groups excluding tert-OH is 1. The van der Waals surface area contributed by atoms with Gasteiger partial charge in [-0.15, -0.1) is 0 Å². The van der Waals surface area contributed by atoms with Crippen LogP contribution in [-0.2, 0) is 0 Å². The maximum atomic E-state index is 9.42. The number of aromatic nitrogens is 1. The summed E-state index contributed by atoms with van der Waals surface area (Å²) in [7, 11) is 0. The largest absolute Gasteiger partial charge is 0.395 e. The minimum absolute atomic E-state index is 0.255. The van der Waals surface area contributed by atoms with E-state index in [9.17, 15) is 10.4 Å². The van der Waals surface area contributed by atoms with E-state index in [0.29, 0.717) is 17.4 Å². The number of nitrogens with zero attached hydrogens (tertiary/aromatic N) is 3. The number of aliphatic hydroxyl groups is 1. The highest BCUT2D eigenvalue weighted by Gasteiger charge is 2.20. The van der Waals surface area contributed by atoms with Crippen molar-refractivity contribution >= 4 is 5.82 Å². The average Bonchev–Trinajstić information content (AvgIpc) is 2.54. The molecular weight excluding hydrogens is 276 g/mol. The molecule has 0 amide bonds.